The van der Waals surface area contributed by atoms with Crippen LogP contribution in [0.1, 0.15) is 0 Å². The van der Waals surface area contributed by atoms with E-state index in [9.17, 15) is 10.1 Å². The maximum Gasteiger partial charge on any atom is 0.278 e. The molecule has 0 aliphatic carbocycles. The summed E-state index contributed by atoms with van der Waals surface area (Å²) in [6, 6.07) is 22.9. The van der Waals surface area contributed by atoms with Gasteiger partial charge < -0.3 is 0 Å². The molecule has 3 nitrogen and oxygen atoms in total. The summed E-state index contributed by atoms with van der Waals surface area (Å²) in [5, 5.41) is 11.2. The lowest BCUT2D eigenvalue weighted by molar-refractivity contribution is -0.384. The van der Waals surface area contributed by atoms with Crippen molar-refractivity contribution in [3.63, 3.8) is 0 Å². The predicted molar refractivity (Wildman–Crippen MR) is 91.7 cm³/mol. The highest BCUT2D eigenvalue weighted by Gasteiger charge is 2.15. The molecule has 3 aromatic rings. The monoisotopic (exact) mass is 353 g/mol. The molecule has 0 spiro atoms. The number of rotatable bonds is 3. The van der Waals surface area contributed by atoms with E-state index in [2.05, 4.69) is 15.9 Å². The van der Waals surface area contributed by atoms with Crippen LogP contribution in [-0.4, -0.2) is 4.92 Å². The number of hydrogen-bond donors (Lipinski definition) is 0. The summed E-state index contributed by atoms with van der Waals surface area (Å²) in [4.78, 5) is 10.9. The van der Waals surface area contributed by atoms with Crippen LogP contribution in [0, 0.1) is 10.1 Å². The second kappa shape index (κ2) is 6.12. The molecular formula is C18H12BrNO2. The Bertz CT molecular complexity index is 814. The molecule has 4 heteroatoms. The Morgan fingerprint density at radius 2 is 1.36 bits per heavy atom. The summed E-state index contributed by atoms with van der Waals surface area (Å²) in [5.74, 6) is 0. The Hall–Kier alpha value is -2.46. The van der Waals surface area contributed by atoms with Crippen molar-refractivity contribution >= 4 is 21.6 Å². The third-order valence-electron chi connectivity index (χ3n) is 3.46. The van der Waals surface area contributed by atoms with Crippen LogP contribution >= 0.6 is 15.9 Å². The van der Waals surface area contributed by atoms with Crippen molar-refractivity contribution in [3.8, 4) is 22.3 Å². The summed E-state index contributed by atoms with van der Waals surface area (Å²) in [7, 11) is 0. The Labute approximate surface area is 136 Å². The van der Waals surface area contributed by atoms with Crippen LogP contribution in [-0.2, 0) is 0 Å². The molecule has 0 saturated carbocycles. The highest BCUT2D eigenvalue weighted by atomic mass is 79.9. The lowest BCUT2D eigenvalue weighted by Crippen LogP contribution is -1.92. The molecule has 0 aromatic heterocycles. The summed E-state index contributed by atoms with van der Waals surface area (Å²) >= 11 is 3.27. The van der Waals surface area contributed by atoms with E-state index < -0.39 is 0 Å². The van der Waals surface area contributed by atoms with Gasteiger partial charge in [-0.25, -0.2) is 0 Å². The van der Waals surface area contributed by atoms with Gasteiger partial charge in [0.05, 0.1) is 10.5 Å². The molecule has 0 aliphatic heterocycles. The molecule has 3 aromatic carbocycles. The lowest BCUT2D eigenvalue weighted by atomic mass is 9.99. The van der Waals surface area contributed by atoms with Crippen molar-refractivity contribution in [1.82, 2.24) is 0 Å². The minimum absolute atomic E-state index is 0.0989. The minimum atomic E-state index is -0.356. The average molecular weight is 354 g/mol. The first kappa shape index (κ1) is 14.5. The molecule has 0 unspecified atom stereocenters. The van der Waals surface area contributed by atoms with Crippen molar-refractivity contribution in [3.05, 3.63) is 87.4 Å². The fourth-order valence-electron chi connectivity index (χ4n) is 2.37. The average Bonchev–Trinajstić information content (AvgIpc) is 2.56. The molecule has 0 radical (unpaired) electrons. The Morgan fingerprint density at radius 3 is 2.00 bits per heavy atom. The third-order valence-corrected chi connectivity index (χ3v) is 3.95. The SMILES string of the molecule is O=[N+]([O-])c1cc(Br)ccc1-c1ccc(-c2ccccc2)cc1. The summed E-state index contributed by atoms with van der Waals surface area (Å²) in [5.41, 5.74) is 3.76. The zero-order valence-corrected chi connectivity index (χ0v) is 13.2. The van der Waals surface area contributed by atoms with Crippen molar-refractivity contribution in [2.24, 2.45) is 0 Å². The van der Waals surface area contributed by atoms with Crippen LogP contribution in [0.4, 0.5) is 5.69 Å². The topological polar surface area (TPSA) is 43.1 Å². The molecule has 0 fully saturated rings. The van der Waals surface area contributed by atoms with Crippen LogP contribution in [0.5, 0.6) is 0 Å². The predicted octanol–water partition coefficient (Wildman–Crippen LogP) is 5.69. The van der Waals surface area contributed by atoms with E-state index in [0.29, 0.717) is 10.0 Å². The van der Waals surface area contributed by atoms with Gasteiger partial charge in [-0.05, 0) is 28.8 Å². The second-order valence-electron chi connectivity index (χ2n) is 4.86. The van der Waals surface area contributed by atoms with Crippen molar-refractivity contribution in [1.29, 1.82) is 0 Å². The highest BCUT2D eigenvalue weighted by molar-refractivity contribution is 9.10. The van der Waals surface area contributed by atoms with Gasteiger partial charge in [0, 0.05) is 10.5 Å². The van der Waals surface area contributed by atoms with E-state index in [1.807, 2.05) is 60.7 Å². The smallest absolute Gasteiger partial charge is 0.258 e. The van der Waals surface area contributed by atoms with Crippen LogP contribution in [0.3, 0.4) is 0 Å². The highest BCUT2D eigenvalue weighted by Crippen LogP contribution is 2.33. The molecule has 0 saturated heterocycles. The Morgan fingerprint density at radius 1 is 0.773 bits per heavy atom. The van der Waals surface area contributed by atoms with Crippen LogP contribution in [0.25, 0.3) is 22.3 Å². The summed E-state index contributed by atoms with van der Waals surface area (Å²) in [6.45, 7) is 0. The van der Waals surface area contributed by atoms with Crippen molar-refractivity contribution < 1.29 is 4.92 Å². The lowest BCUT2D eigenvalue weighted by Gasteiger charge is -2.06. The number of nitro groups is 1. The number of nitro benzene ring substituents is 1. The molecular weight excluding hydrogens is 342 g/mol. The quantitative estimate of drug-likeness (QED) is 0.448. The van der Waals surface area contributed by atoms with Gasteiger partial charge >= 0.3 is 0 Å². The number of halogens is 1. The molecule has 3 rings (SSSR count). The molecule has 108 valence electrons. The summed E-state index contributed by atoms with van der Waals surface area (Å²) < 4.78 is 0.698. The fraction of sp³-hybridized carbons (Fsp3) is 0. The van der Waals surface area contributed by atoms with Crippen LogP contribution in [0.2, 0.25) is 0 Å². The molecule has 0 bridgehead atoms. The van der Waals surface area contributed by atoms with Gasteiger partial charge in [-0.2, -0.15) is 0 Å². The minimum Gasteiger partial charge on any atom is -0.258 e. The van der Waals surface area contributed by atoms with E-state index in [1.54, 1.807) is 6.07 Å². The van der Waals surface area contributed by atoms with E-state index in [-0.39, 0.29) is 10.6 Å². The third kappa shape index (κ3) is 2.92. The van der Waals surface area contributed by atoms with Crippen molar-refractivity contribution in [2.75, 3.05) is 0 Å². The second-order valence-corrected chi connectivity index (χ2v) is 5.78. The first-order chi connectivity index (χ1) is 10.6. The van der Waals surface area contributed by atoms with E-state index in [4.69, 9.17) is 0 Å². The van der Waals surface area contributed by atoms with Gasteiger partial charge in [0.2, 0.25) is 0 Å². The van der Waals surface area contributed by atoms with Gasteiger partial charge in [-0.3, -0.25) is 10.1 Å². The number of nitrogens with zero attached hydrogens (tertiary/aromatic N) is 1. The molecule has 0 heterocycles. The Balaban J connectivity index is 2.02. The summed E-state index contributed by atoms with van der Waals surface area (Å²) in [6.07, 6.45) is 0. The fourth-order valence-corrected chi connectivity index (χ4v) is 2.72. The first-order valence-electron chi connectivity index (χ1n) is 6.75. The van der Waals surface area contributed by atoms with Gasteiger partial charge in [-0.15, -0.1) is 0 Å². The van der Waals surface area contributed by atoms with Crippen LogP contribution < -0.4 is 0 Å². The number of hydrogen-bond acceptors (Lipinski definition) is 2. The van der Waals surface area contributed by atoms with E-state index in [1.165, 1.54) is 6.07 Å². The van der Waals surface area contributed by atoms with Gasteiger partial charge in [0.1, 0.15) is 0 Å². The normalized spacial score (nSPS) is 10.4. The largest absolute Gasteiger partial charge is 0.278 e. The first-order valence-corrected chi connectivity index (χ1v) is 7.54. The molecule has 0 N–H and O–H groups in total. The zero-order chi connectivity index (χ0) is 15.5. The maximum atomic E-state index is 11.2. The molecule has 0 aliphatic rings. The maximum absolute atomic E-state index is 11.2. The zero-order valence-electron chi connectivity index (χ0n) is 11.6. The molecule has 22 heavy (non-hydrogen) atoms. The van der Waals surface area contributed by atoms with E-state index in [0.717, 1.165) is 16.7 Å². The van der Waals surface area contributed by atoms with Crippen LogP contribution in [0.15, 0.2) is 77.3 Å². The standard InChI is InChI=1S/C18H12BrNO2/c19-16-10-11-17(18(12-16)20(21)22)15-8-6-14(7-9-15)13-4-2-1-3-5-13/h1-12H. The Kier molecular flexibility index (Phi) is 4.02. The van der Waals surface area contributed by atoms with Gasteiger partial charge in [-0.1, -0.05) is 70.5 Å². The van der Waals surface area contributed by atoms with Gasteiger partial charge in [0.25, 0.3) is 5.69 Å². The molecule has 0 amide bonds. The van der Waals surface area contributed by atoms with E-state index >= 15 is 0 Å². The van der Waals surface area contributed by atoms with Crippen molar-refractivity contribution in [2.45, 2.75) is 0 Å². The number of benzene rings is 3. The van der Waals surface area contributed by atoms with Gasteiger partial charge in [0.15, 0.2) is 0 Å². The molecule has 0 atom stereocenters.